The van der Waals surface area contributed by atoms with Gasteiger partial charge in [-0.15, -0.1) is 0 Å². The van der Waals surface area contributed by atoms with E-state index in [1.165, 1.54) is 6.07 Å². The van der Waals surface area contributed by atoms with E-state index < -0.39 is 5.82 Å². The van der Waals surface area contributed by atoms with E-state index in [-0.39, 0.29) is 11.9 Å². The number of nitrogens with one attached hydrogen (secondary N) is 1. The van der Waals surface area contributed by atoms with E-state index in [4.69, 9.17) is 10.5 Å². The van der Waals surface area contributed by atoms with Crippen LogP contribution in [0.1, 0.15) is 19.4 Å². The topological polar surface area (TPSA) is 47.3 Å². The molecule has 0 fully saturated rings. The maximum atomic E-state index is 13.7. The van der Waals surface area contributed by atoms with E-state index in [1.54, 1.807) is 6.07 Å². The Morgan fingerprint density at radius 3 is 2.55 bits per heavy atom. The molecule has 0 amide bonds. The van der Waals surface area contributed by atoms with Gasteiger partial charge in [-0.25, -0.2) is 4.39 Å². The molecule has 0 bridgehead atoms. The second-order valence-electron chi connectivity index (χ2n) is 4.88. The molecular formula is C16H19FN2O. The molecule has 0 unspecified atom stereocenters. The Morgan fingerprint density at radius 2 is 1.90 bits per heavy atom. The van der Waals surface area contributed by atoms with Gasteiger partial charge >= 0.3 is 0 Å². The molecule has 3 N–H and O–H groups in total. The maximum Gasteiger partial charge on any atom is 0.167 e. The Bertz CT molecular complexity index is 570. The second kappa shape index (κ2) is 6.28. The summed E-state index contributed by atoms with van der Waals surface area (Å²) in [6.45, 7) is 4.33. The number of halogens is 1. The summed E-state index contributed by atoms with van der Waals surface area (Å²) in [5, 5.41) is 3.20. The molecule has 2 rings (SSSR count). The predicted octanol–water partition coefficient (Wildman–Crippen LogP) is 3.81. The molecule has 0 aliphatic heterocycles. The van der Waals surface area contributed by atoms with Crippen LogP contribution >= 0.6 is 0 Å². The van der Waals surface area contributed by atoms with E-state index in [1.807, 2.05) is 44.2 Å². The second-order valence-corrected chi connectivity index (χ2v) is 4.88. The number of nitrogens with two attached hydrogens (primary N) is 1. The van der Waals surface area contributed by atoms with Crippen molar-refractivity contribution in [1.82, 2.24) is 0 Å². The van der Waals surface area contributed by atoms with Crippen molar-refractivity contribution >= 4 is 11.4 Å². The summed E-state index contributed by atoms with van der Waals surface area (Å²) in [5.74, 6) is -0.230. The smallest absolute Gasteiger partial charge is 0.167 e. The van der Waals surface area contributed by atoms with E-state index in [2.05, 4.69) is 5.32 Å². The lowest BCUT2D eigenvalue weighted by molar-refractivity contribution is 0.231. The Kier molecular flexibility index (Phi) is 4.45. The van der Waals surface area contributed by atoms with Crippen LogP contribution in [0, 0.1) is 5.82 Å². The van der Waals surface area contributed by atoms with Gasteiger partial charge in [-0.1, -0.05) is 30.3 Å². The van der Waals surface area contributed by atoms with Gasteiger partial charge in [-0.05, 0) is 19.4 Å². The first-order valence-electron chi connectivity index (χ1n) is 6.59. The number of hydrogen-bond donors (Lipinski definition) is 2. The third kappa shape index (κ3) is 3.63. The summed E-state index contributed by atoms with van der Waals surface area (Å²) in [4.78, 5) is 0. The van der Waals surface area contributed by atoms with Crippen molar-refractivity contribution < 1.29 is 9.13 Å². The number of anilines is 2. The van der Waals surface area contributed by atoms with Gasteiger partial charge in [0.2, 0.25) is 0 Å². The minimum atomic E-state index is -0.443. The highest BCUT2D eigenvalue weighted by Crippen LogP contribution is 2.29. The Hall–Kier alpha value is -2.23. The average molecular weight is 274 g/mol. The van der Waals surface area contributed by atoms with Crippen LogP contribution in [0.4, 0.5) is 15.8 Å². The van der Waals surface area contributed by atoms with Gasteiger partial charge in [0.05, 0.1) is 17.5 Å². The fourth-order valence-corrected chi connectivity index (χ4v) is 1.86. The van der Waals surface area contributed by atoms with Gasteiger partial charge in [0.1, 0.15) is 0 Å². The summed E-state index contributed by atoms with van der Waals surface area (Å²) in [6, 6.07) is 12.8. The molecule has 0 aliphatic rings. The molecule has 20 heavy (non-hydrogen) atoms. The van der Waals surface area contributed by atoms with E-state index in [9.17, 15) is 4.39 Å². The fourth-order valence-electron chi connectivity index (χ4n) is 1.86. The van der Waals surface area contributed by atoms with Crippen molar-refractivity contribution in [3.05, 3.63) is 53.8 Å². The molecule has 2 aromatic carbocycles. The van der Waals surface area contributed by atoms with Crippen molar-refractivity contribution in [2.24, 2.45) is 0 Å². The zero-order valence-corrected chi connectivity index (χ0v) is 11.7. The zero-order valence-electron chi connectivity index (χ0n) is 11.7. The first-order chi connectivity index (χ1) is 9.56. The summed E-state index contributed by atoms with van der Waals surface area (Å²) in [6.07, 6.45) is -0.0879. The molecule has 106 valence electrons. The Balaban J connectivity index is 2.14. The monoisotopic (exact) mass is 274 g/mol. The van der Waals surface area contributed by atoms with Crippen molar-refractivity contribution in [2.75, 3.05) is 11.1 Å². The lowest BCUT2D eigenvalue weighted by Gasteiger charge is -2.15. The van der Waals surface area contributed by atoms with Crippen molar-refractivity contribution in [3.63, 3.8) is 0 Å². The van der Waals surface area contributed by atoms with Gasteiger partial charge in [0, 0.05) is 18.7 Å². The zero-order chi connectivity index (χ0) is 14.5. The molecule has 0 spiro atoms. The Labute approximate surface area is 118 Å². The van der Waals surface area contributed by atoms with Gasteiger partial charge in [-0.3, -0.25) is 0 Å². The van der Waals surface area contributed by atoms with Crippen LogP contribution < -0.4 is 15.8 Å². The summed E-state index contributed by atoms with van der Waals surface area (Å²) in [5.41, 5.74) is 8.00. The highest BCUT2D eigenvalue weighted by atomic mass is 19.1. The summed E-state index contributed by atoms with van der Waals surface area (Å²) >= 11 is 0. The SMILES string of the molecule is CC(C)Oc1cc(NCc2ccccc2)c(N)cc1F. The molecule has 0 atom stereocenters. The minimum Gasteiger partial charge on any atom is -0.488 e. The van der Waals surface area contributed by atoms with Crippen molar-refractivity contribution in [3.8, 4) is 5.75 Å². The quantitative estimate of drug-likeness (QED) is 0.815. The molecule has 0 saturated carbocycles. The van der Waals surface area contributed by atoms with Gasteiger partial charge in [0.25, 0.3) is 0 Å². The molecule has 0 heterocycles. The molecular weight excluding hydrogens is 255 g/mol. The maximum absolute atomic E-state index is 13.7. The first-order valence-corrected chi connectivity index (χ1v) is 6.59. The van der Waals surface area contributed by atoms with E-state index in [0.717, 1.165) is 5.56 Å². The number of rotatable bonds is 5. The first kappa shape index (κ1) is 14.2. The number of benzene rings is 2. The minimum absolute atomic E-state index is 0.0879. The van der Waals surface area contributed by atoms with Gasteiger partial charge in [0.15, 0.2) is 11.6 Å². The highest BCUT2D eigenvalue weighted by Gasteiger charge is 2.10. The molecule has 2 aromatic rings. The summed E-state index contributed by atoms with van der Waals surface area (Å²) < 4.78 is 19.1. The van der Waals surface area contributed by atoms with E-state index in [0.29, 0.717) is 17.9 Å². The number of ether oxygens (including phenoxy) is 1. The van der Waals surface area contributed by atoms with Crippen LogP contribution in [0.3, 0.4) is 0 Å². The molecule has 0 aliphatic carbocycles. The van der Waals surface area contributed by atoms with Crippen molar-refractivity contribution in [1.29, 1.82) is 0 Å². The summed E-state index contributed by atoms with van der Waals surface area (Å²) in [7, 11) is 0. The fraction of sp³-hybridized carbons (Fsp3) is 0.250. The highest BCUT2D eigenvalue weighted by molar-refractivity contribution is 5.68. The number of nitrogen functional groups attached to an aromatic ring is 1. The van der Waals surface area contributed by atoms with E-state index >= 15 is 0 Å². The van der Waals surface area contributed by atoms with Gasteiger partial charge in [-0.2, -0.15) is 0 Å². The largest absolute Gasteiger partial charge is 0.488 e. The van der Waals surface area contributed by atoms with Crippen LogP contribution in [0.2, 0.25) is 0 Å². The third-order valence-electron chi connectivity index (χ3n) is 2.79. The molecule has 0 radical (unpaired) electrons. The lowest BCUT2D eigenvalue weighted by atomic mass is 10.2. The van der Waals surface area contributed by atoms with Crippen LogP contribution in [0.25, 0.3) is 0 Å². The predicted molar refractivity (Wildman–Crippen MR) is 80.3 cm³/mol. The van der Waals surface area contributed by atoms with Gasteiger partial charge < -0.3 is 15.8 Å². The third-order valence-corrected chi connectivity index (χ3v) is 2.79. The molecule has 0 aromatic heterocycles. The number of hydrogen-bond acceptors (Lipinski definition) is 3. The lowest BCUT2D eigenvalue weighted by Crippen LogP contribution is -2.09. The molecule has 3 nitrogen and oxygen atoms in total. The van der Waals surface area contributed by atoms with Crippen LogP contribution in [-0.4, -0.2) is 6.10 Å². The molecule has 4 heteroatoms. The average Bonchev–Trinajstić information content (AvgIpc) is 2.41. The standard InChI is InChI=1S/C16H19FN2O/c1-11(2)20-16-9-15(14(18)8-13(16)17)19-10-12-6-4-3-5-7-12/h3-9,11,19H,10,18H2,1-2H3. The Morgan fingerprint density at radius 1 is 1.20 bits per heavy atom. The molecule has 0 saturated heterocycles. The van der Waals surface area contributed by atoms with Crippen LogP contribution in [0.15, 0.2) is 42.5 Å². The van der Waals surface area contributed by atoms with Crippen LogP contribution in [0.5, 0.6) is 5.75 Å². The normalized spacial score (nSPS) is 10.6. The van der Waals surface area contributed by atoms with Crippen LogP contribution in [-0.2, 0) is 6.54 Å². The van der Waals surface area contributed by atoms with Crippen molar-refractivity contribution in [2.45, 2.75) is 26.5 Å².